The third kappa shape index (κ3) is 2.64. The number of nitriles is 1. The molecule has 1 unspecified atom stereocenters. The van der Waals surface area contributed by atoms with E-state index in [0.717, 1.165) is 11.3 Å². The standard InChI is InChI=1S/C19H19N3O3/c1-4-22-11(2)8-15-17(19(22)23)16(14(10-20)18(21)25-15)12-6-5-7-13(9-12)24-3/h5-9,16H,4,21H2,1-3H3. The minimum absolute atomic E-state index is 0.0240. The fraction of sp³-hybridized carbons (Fsp3) is 0.263. The minimum atomic E-state index is -0.588. The zero-order valence-corrected chi connectivity index (χ0v) is 14.4. The van der Waals surface area contributed by atoms with Crippen molar-refractivity contribution < 1.29 is 9.47 Å². The van der Waals surface area contributed by atoms with Crippen molar-refractivity contribution in [2.24, 2.45) is 5.73 Å². The van der Waals surface area contributed by atoms with Gasteiger partial charge in [-0.3, -0.25) is 4.79 Å². The molecule has 1 atom stereocenters. The highest BCUT2D eigenvalue weighted by atomic mass is 16.5. The number of allylic oxidation sites excluding steroid dienone is 1. The fourth-order valence-electron chi connectivity index (χ4n) is 3.23. The normalized spacial score (nSPS) is 16.0. The summed E-state index contributed by atoms with van der Waals surface area (Å²) in [6, 6.07) is 11.2. The Balaban J connectivity index is 2.33. The summed E-state index contributed by atoms with van der Waals surface area (Å²) in [6.45, 7) is 4.28. The molecule has 0 spiro atoms. The van der Waals surface area contributed by atoms with Gasteiger partial charge in [-0.1, -0.05) is 12.1 Å². The van der Waals surface area contributed by atoms with Gasteiger partial charge in [0.25, 0.3) is 5.56 Å². The van der Waals surface area contributed by atoms with Gasteiger partial charge in [0.2, 0.25) is 5.88 Å². The molecule has 1 aliphatic rings. The first-order chi connectivity index (χ1) is 12.0. The number of nitrogens with two attached hydrogens (primary N) is 1. The number of aromatic nitrogens is 1. The molecule has 2 aromatic rings. The molecular weight excluding hydrogens is 318 g/mol. The first kappa shape index (κ1) is 16.7. The first-order valence-electron chi connectivity index (χ1n) is 7.97. The molecule has 0 amide bonds. The highest BCUT2D eigenvalue weighted by Gasteiger charge is 2.34. The van der Waals surface area contributed by atoms with E-state index in [-0.39, 0.29) is 17.0 Å². The molecule has 2 N–H and O–H groups in total. The lowest BCUT2D eigenvalue weighted by atomic mass is 9.84. The van der Waals surface area contributed by atoms with Crippen LogP contribution in [0.25, 0.3) is 0 Å². The molecule has 0 bridgehead atoms. The maximum atomic E-state index is 13.1. The van der Waals surface area contributed by atoms with Crippen LogP contribution in [0, 0.1) is 18.3 Å². The number of hydrogen-bond donors (Lipinski definition) is 1. The van der Waals surface area contributed by atoms with Crippen molar-refractivity contribution in [2.75, 3.05) is 7.11 Å². The zero-order chi connectivity index (χ0) is 18.1. The van der Waals surface area contributed by atoms with E-state index >= 15 is 0 Å². The summed E-state index contributed by atoms with van der Waals surface area (Å²) in [5.74, 6) is 0.478. The van der Waals surface area contributed by atoms with E-state index in [4.69, 9.17) is 15.2 Å². The maximum Gasteiger partial charge on any atom is 0.258 e. The Labute approximate surface area is 145 Å². The molecule has 0 saturated heterocycles. The second kappa shape index (κ2) is 6.36. The SMILES string of the molecule is CCn1c(C)cc2c(c1=O)C(c1cccc(OC)c1)C(C#N)=C(N)O2. The topological polar surface area (TPSA) is 90.3 Å². The predicted octanol–water partition coefficient (Wildman–Crippen LogP) is 2.40. The lowest BCUT2D eigenvalue weighted by Crippen LogP contribution is -2.32. The molecular formula is C19H19N3O3. The van der Waals surface area contributed by atoms with Gasteiger partial charge < -0.3 is 19.8 Å². The van der Waals surface area contributed by atoms with Crippen molar-refractivity contribution in [1.29, 1.82) is 5.26 Å². The highest BCUT2D eigenvalue weighted by Crippen LogP contribution is 2.41. The molecule has 25 heavy (non-hydrogen) atoms. The third-order valence-corrected chi connectivity index (χ3v) is 4.43. The number of fused-ring (bicyclic) bond motifs is 1. The van der Waals surface area contributed by atoms with Crippen molar-refractivity contribution in [1.82, 2.24) is 4.57 Å². The van der Waals surface area contributed by atoms with Crippen molar-refractivity contribution in [3.8, 4) is 17.6 Å². The minimum Gasteiger partial charge on any atom is -0.497 e. The van der Waals surface area contributed by atoms with E-state index < -0.39 is 5.92 Å². The summed E-state index contributed by atoms with van der Waals surface area (Å²) < 4.78 is 12.5. The summed E-state index contributed by atoms with van der Waals surface area (Å²) >= 11 is 0. The molecule has 128 valence electrons. The number of aryl methyl sites for hydroxylation is 1. The number of benzene rings is 1. The Morgan fingerprint density at radius 3 is 2.80 bits per heavy atom. The maximum absolute atomic E-state index is 13.1. The lowest BCUT2D eigenvalue weighted by Gasteiger charge is -2.27. The van der Waals surface area contributed by atoms with Crippen LogP contribution in [0.1, 0.15) is 29.7 Å². The van der Waals surface area contributed by atoms with Gasteiger partial charge in [0, 0.05) is 18.3 Å². The van der Waals surface area contributed by atoms with Crippen molar-refractivity contribution in [3.63, 3.8) is 0 Å². The molecule has 1 aromatic carbocycles. The van der Waals surface area contributed by atoms with Crippen molar-refractivity contribution in [3.05, 3.63) is 69.0 Å². The first-order valence-corrected chi connectivity index (χ1v) is 7.97. The molecule has 0 fully saturated rings. The van der Waals surface area contributed by atoms with E-state index in [9.17, 15) is 10.1 Å². The van der Waals surface area contributed by atoms with E-state index in [0.29, 0.717) is 23.6 Å². The number of pyridine rings is 1. The van der Waals surface area contributed by atoms with Crippen LogP contribution < -0.4 is 20.8 Å². The summed E-state index contributed by atoms with van der Waals surface area (Å²) in [4.78, 5) is 13.1. The van der Waals surface area contributed by atoms with Gasteiger partial charge in [-0.2, -0.15) is 5.26 Å². The van der Waals surface area contributed by atoms with Crippen LogP contribution in [0.5, 0.6) is 11.5 Å². The number of hydrogen-bond acceptors (Lipinski definition) is 5. The molecule has 0 saturated carbocycles. The van der Waals surface area contributed by atoms with E-state index in [2.05, 4.69) is 6.07 Å². The molecule has 6 nitrogen and oxygen atoms in total. The van der Waals surface area contributed by atoms with E-state index in [1.54, 1.807) is 23.8 Å². The molecule has 3 rings (SSSR count). The van der Waals surface area contributed by atoms with Gasteiger partial charge in [-0.15, -0.1) is 0 Å². The van der Waals surface area contributed by atoms with Crippen molar-refractivity contribution >= 4 is 0 Å². The molecule has 0 aliphatic carbocycles. The molecule has 2 heterocycles. The van der Waals surface area contributed by atoms with E-state index in [1.807, 2.05) is 32.0 Å². The molecule has 1 aromatic heterocycles. The zero-order valence-electron chi connectivity index (χ0n) is 14.4. The quantitative estimate of drug-likeness (QED) is 0.929. The largest absolute Gasteiger partial charge is 0.497 e. The fourth-order valence-corrected chi connectivity index (χ4v) is 3.23. The van der Waals surface area contributed by atoms with Gasteiger partial charge in [0.05, 0.1) is 18.6 Å². The second-order valence-corrected chi connectivity index (χ2v) is 5.81. The van der Waals surface area contributed by atoms with Crippen LogP contribution in [0.15, 0.2) is 46.6 Å². The second-order valence-electron chi connectivity index (χ2n) is 5.81. The number of methoxy groups -OCH3 is 1. The van der Waals surface area contributed by atoms with Crippen LogP contribution >= 0.6 is 0 Å². The average molecular weight is 337 g/mol. The summed E-state index contributed by atoms with van der Waals surface area (Å²) in [5, 5.41) is 9.61. The Bertz CT molecular complexity index is 967. The lowest BCUT2D eigenvalue weighted by molar-refractivity contribution is 0.388. The van der Waals surface area contributed by atoms with Crippen LogP contribution in [0.2, 0.25) is 0 Å². The summed E-state index contributed by atoms with van der Waals surface area (Å²) in [5.41, 5.74) is 7.98. The Hall–Kier alpha value is -3.20. The molecule has 0 radical (unpaired) electrons. The van der Waals surface area contributed by atoms with Crippen LogP contribution in [0.3, 0.4) is 0 Å². The monoisotopic (exact) mass is 337 g/mol. The average Bonchev–Trinajstić information content (AvgIpc) is 2.61. The third-order valence-electron chi connectivity index (χ3n) is 4.43. The summed E-state index contributed by atoms with van der Waals surface area (Å²) in [7, 11) is 1.57. The van der Waals surface area contributed by atoms with Crippen LogP contribution in [-0.2, 0) is 6.54 Å². The number of rotatable bonds is 3. The van der Waals surface area contributed by atoms with Crippen LogP contribution in [0.4, 0.5) is 0 Å². The van der Waals surface area contributed by atoms with Crippen molar-refractivity contribution in [2.45, 2.75) is 26.3 Å². The van der Waals surface area contributed by atoms with Gasteiger partial charge in [-0.25, -0.2) is 0 Å². The smallest absolute Gasteiger partial charge is 0.258 e. The van der Waals surface area contributed by atoms with Gasteiger partial charge in [0.1, 0.15) is 23.1 Å². The Kier molecular flexibility index (Phi) is 4.24. The van der Waals surface area contributed by atoms with Gasteiger partial charge in [0.15, 0.2) is 0 Å². The van der Waals surface area contributed by atoms with Gasteiger partial charge >= 0.3 is 0 Å². The summed E-state index contributed by atoms with van der Waals surface area (Å²) in [6.07, 6.45) is 0. The van der Waals surface area contributed by atoms with Gasteiger partial charge in [-0.05, 0) is 31.5 Å². The number of ether oxygens (including phenoxy) is 2. The predicted molar refractivity (Wildman–Crippen MR) is 93.4 cm³/mol. The molecule has 1 aliphatic heterocycles. The Morgan fingerprint density at radius 1 is 1.40 bits per heavy atom. The van der Waals surface area contributed by atoms with E-state index in [1.165, 1.54) is 0 Å². The number of nitrogens with zero attached hydrogens (tertiary/aromatic N) is 2. The Morgan fingerprint density at radius 2 is 2.16 bits per heavy atom. The van der Waals surface area contributed by atoms with Crippen LogP contribution in [-0.4, -0.2) is 11.7 Å². The molecule has 6 heteroatoms. The highest BCUT2D eigenvalue weighted by molar-refractivity contribution is 5.56.